The number of carbonyl (C=O) groups excluding carboxylic acids is 2. The molecule has 1 N–H and O–H groups in total. The van der Waals surface area contributed by atoms with Gasteiger partial charge in [-0.15, -0.1) is 0 Å². The predicted octanol–water partition coefficient (Wildman–Crippen LogP) is -0.657. The van der Waals surface area contributed by atoms with Crippen molar-refractivity contribution < 1.29 is 9.59 Å². The molecular weight excluding hydrogens is 182 g/mol. The van der Waals surface area contributed by atoms with E-state index in [2.05, 4.69) is 5.43 Å². The molecule has 0 aromatic heterocycles. The molecule has 5 heteroatoms. The number of carbonyl (C=O) groups is 2. The van der Waals surface area contributed by atoms with E-state index < -0.39 is 0 Å². The number of amides is 2. The summed E-state index contributed by atoms with van der Waals surface area (Å²) in [6.07, 6.45) is 1.72. The van der Waals surface area contributed by atoms with Gasteiger partial charge in [-0.05, 0) is 19.8 Å². The quantitative estimate of drug-likeness (QED) is 0.561. The van der Waals surface area contributed by atoms with E-state index in [1.54, 1.807) is 17.0 Å². The number of likely N-dealkylation sites (N-methyl/N-ethyl adjacent to an activating group) is 1. The molecule has 0 spiro atoms. The smallest absolute Gasteiger partial charge is 0.257 e. The average Bonchev–Trinajstić information content (AvgIpc) is 2.60. The van der Waals surface area contributed by atoms with E-state index in [-0.39, 0.29) is 23.9 Å². The molecule has 14 heavy (non-hydrogen) atoms. The standard InChI is InChI=1S/C9H15N3O2/c1-6-9(14)12-5-3-4-7(12)8(13)10-11(6)2/h6-7H,3-5H2,1-2H3,(H,10,13)/t6-,7-/m0/s1. The lowest BCUT2D eigenvalue weighted by molar-refractivity contribution is -0.136. The first-order valence-corrected chi connectivity index (χ1v) is 4.95. The first kappa shape index (κ1) is 9.45. The summed E-state index contributed by atoms with van der Waals surface area (Å²) >= 11 is 0. The molecule has 5 nitrogen and oxygen atoms in total. The number of nitrogens with zero attached hydrogens (tertiary/aromatic N) is 2. The van der Waals surface area contributed by atoms with Crippen LogP contribution in [0.2, 0.25) is 0 Å². The fourth-order valence-electron chi connectivity index (χ4n) is 2.05. The maximum atomic E-state index is 11.9. The summed E-state index contributed by atoms with van der Waals surface area (Å²) in [6, 6.07) is -0.503. The van der Waals surface area contributed by atoms with E-state index >= 15 is 0 Å². The van der Waals surface area contributed by atoms with Gasteiger partial charge >= 0.3 is 0 Å². The topological polar surface area (TPSA) is 52.7 Å². The van der Waals surface area contributed by atoms with Crippen LogP contribution >= 0.6 is 0 Å². The van der Waals surface area contributed by atoms with E-state index in [1.165, 1.54) is 0 Å². The first-order chi connectivity index (χ1) is 6.61. The van der Waals surface area contributed by atoms with Crippen LogP contribution in [-0.2, 0) is 9.59 Å². The van der Waals surface area contributed by atoms with Gasteiger partial charge in [-0.1, -0.05) is 0 Å². The molecule has 2 atom stereocenters. The maximum Gasteiger partial charge on any atom is 0.257 e. The molecule has 2 saturated heterocycles. The Morgan fingerprint density at radius 2 is 2.14 bits per heavy atom. The van der Waals surface area contributed by atoms with Gasteiger partial charge in [0.05, 0.1) is 0 Å². The molecule has 0 unspecified atom stereocenters. The number of fused-ring (bicyclic) bond motifs is 1. The molecule has 2 rings (SSSR count). The van der Waals surface area contributed by atoms with Crippen LogP contribution in [-0.4, -0.2) is 47.4 Å². The molecular formula is C9H15N3O2. The van der Waals surface area contributed by atoms with Crippen molar-refractivity contribution in [3.63, 3.8) is 0 Å². The molecule has 0 saturated carbocycles. The van der Waals surface area contributed by atoms with Crippen molar-refractivity contribution in [1.82, 2.24) is 15.3 Å². The van der Waals surface area contributed by atoms with Crippen LogP contribution in [0.3, 0.4) is 0 Å². The fraction of sp³-hybridized carbons (Fsp3) is 0.778. The lowest BCUT2D eigenvalue weighted by Crippen LogP contribution is -2.46. The van der Waals surface area contributed by atoms with Crippen molar-refractivity contribution in [3.05, 3.63) is 0 Å². The summed E-state index contributed by atoms with van der Waals surface area (Å²) in [5, 5.41) is 1.59. The summed E-state index contributed by atoms with van der Waals surface area (Å²) in [6.45, 7) is 2.53. The van der Waals surface area contributed by atoms with Gasteiger partial charge in [-0.3, -0.25) is 15.0 Å². The molecule has 0 aliphatic carbocycles. The van der Waals surface area contributed by atoms with Crippen LogP contribution in [0.4, 0.5) is 0 Å². The average molecular weight is 197 g/mol. The summed E-state index contributed by atoms with van der Waals surface area (Å²) < 4.78 is 0. The molecule has 78 valence electrons. The highest BCUT2D eigenvalue weighted by Crippen LogP contribution is 2.21. The Bertz CT molecular complexity index is 279. The van der Waals surface area contributed by atoms with Gasteiger partial charge in [-0.25, -0.2) is 5.01 Å². The summed E-state index contributed by atoms with van der Waals surface area (Å²) in [7, 11) is 1.72. The van der Waals surface area contributed by atoms with Gasteiger partial charge < -0.3 is 4.90 Å². The Hall–Kier alpha value is -1.10. The van der Waals surface area contributed by atoms with Gasteiger partial charge in [0.15, 0.2) is 0 Å². The summed E-state index contributed by atoms with van der Waals surface area (Å²) in [5.41, 5.74) is 2.73. The minimum absolute atomic E-state index is 0.0494. The van der Waals surface area contributed by atoms with Crippen LogP contribution in [0, 0.1) is 0 Å². The van der Waals surface area contributed by atoms with E-state index in [1.807, 2.05) is 6.92 Å². The minimum Gasteiger partial charge on any atom is -0.329 e. The fourth-order valence-corrected chi connectivity index (χ4v) is 2.05. The molecule has 0 bridgehead atoms. The second kappa shape index (κ2) is 3.24. The zero-order valence-corrected chi connectivity index (χ0v) is 8.49. The van der Waals surface area contributed by atoms with E-state index in [4.69, 9.17) is 0 Å². The third-order valence-corrected chi connectivity index (χ3v) is 3.06. The van der Waals surface area contributed by atoms with Crippen molar-refractivity contribution in [1.29, 1.82) is 0 Å². The monoisotopic (exact) mass is 197 g/mol. The number of hydrazine groups is 1. The second-order valence-electron chi connectivity index (χ2n) is 3.95. The Morgan fingerprint density at radius 3 is 2.86 bits per heavy atom. The molecule has 2 heterocycles. The lowest BCUT2D eigenvalue weighted by Gasteiger charge is -2.23. The van der Waals surface area contributed by atoms with Crippen molar-refractivity contribution in [3.8, 4) is 0 Å². The SMILES string of the molecule is C[C@H]1C(=O)N2CCC[C@H]2C(=O)NN1C. The normalized spacial score (nSPS) is 34.0. The Labute approximate surface area is 83.0 Å². The maximum absolute atomic E-state index is 11.9. The third kappa shape index (κ3) is 1.28. The predicted molar refractivity (Wildman–Crippen MR) is 50.1 cm³/mol. The number of hydrogen-bond donors (Lipinski definition) is 1. The zero-order chi connectivity index (χ0) is 10.3. The van der Waals surface area contributed by atoms with Crippen molar-refractivity contribution in [2.24, 2.45) is 0 Å². The van der Waals surface area contributed by atoms with Gasteiger partial charge in [0.1, 0.15) is 12.1 Å². The van der Waals surface area contributed by atoms with Gasteiger partial charge in [0, 0.05) is 13.6 Å². The molecule has 2 aliphatic heterocycles. The van der Waals surface area contributed by atoms with Crippen LogP contribution in [0.1, 0.15) is 19.8 Å². The Kier molecular flexibility index (Phi) is 2.19. The van der Waals surface area contributed by atoms with Gasteiger partial charge in [-0.2, -0.15) is 0 Å². The molecule has 2 amide bonds. The highest BCUT2D eigenvalue weighted by atomic mass is 16.2. The van der Waals surface area contributed by atoms with Gasteiger partial charge in [0.25, 0.3) is 5.91 Å². The second-order valence-corrected chi connectivity index (χ2v) is 3.95. The van der Waals surface area contributed by atoms with Crippen LogP contribution in [0.15, 0.2) is 0 Å². The van der Waals surface area contributed by atoms with E-state index in [0.29, 0.717) is 0 Å². The molecule has 0 aromatic carbocycles. The zero-order valence-electron chi connectivity index (χ0n) is 8.49. The van der Waals surface area contributed by atoms with E-state index in [9.17, 15) is 9.59 Å². The van der Waals surface area contributed by atoms with Crippen LogP contribution in [0.25, 0.3) is 0 Å². The lowest BCUT2D eigenvalue weighted by atomic mass is 10.2. The van der Waals surface area contributed by atoms with Crippen molar-refractivity contribution in [2.45, 2.75) is 31.8 Å². The summed E-state index contributed by atoms with van der Waals surface area (Å²) in [4.78, 5) is 25.2. The minimum atomic E-state index is -0.262. The highest BCUT2D eigenvalue weighted by Gasteiger charge is 2.40. The molecule has 2 aliphatic rings. The van der Waals surface area contributed by atoms with Crippen molar-refractivity contribution in [2.75, 3.05) is 13.6 Å². The summed E-state index contributed by atoms with van der Waals surface area (Å²) in [5.74, 6) is -0.00366. The highest BCUT2D eigenvalue weighted by molar-refractivity contribution is 5.92. The Balaban J connectivity index is 2.27. The molecule has 0 radical (unpaired) electrons. The largest absolute Gasteiger partial charge is 0.329 e. The van der Waals surface area contributed by atoms with E-state index in [0.717, 1.165) is 19.4 Å². The van der Waals surface area contributed by atoms with Crippen LogP contribution < -0.4 is 5.43 Å². The Morgan fingerprint density at radius 1 is 1.43 bits per heavy atom. The number of rotatable bonds is 0. The van der Waals surface area contributed by atoms with Crippen LogP contribution in [0.5, 0.6) is 0 Å². The third-order valence-electron chi connectivity index (χ3n) is 3.06. The molecule has 0 aromatic rings. The number of hydrogen-bond acceptors (Lipinski definition) is 3. The molecule has 2 fully saturated rings. The van der Waals surface area contributed by atoms with Gasteiger partial charge in [0.2, 0.25) is 5.91 Å². The number of nitrogens with one attached hydrogen (secondary N) is 1. The first-order valence-electron chi connectivity index (χ1n) is 4.95. The van der Waals surface area contributed by atoms with Crippen molar-refractivity contribution >= 4 is 11.8 Å².